The topological polar surface area (TPSA) is 71.1 Å². The van der Waals surface area contributed by atoms with Crippen molar-refractivity contribution in [3.63, 3.8) is 0 Å². The Hall–Kier alpha value is -7.18. The highest BCUT2D eigenvalue weighted by molar-refractivity contribution is 6.11. The Balaban J connectivity index is 1.31. The maximum atomic E-state index is 12.4. The van der Waals surface area contributed by atoms with Gasteiger partial charge in [0.25, 0.3) is 0 Å². The lowest BCUT2D eigenvalue weighted by molar-refractivity contribution is 0.0591. The minimum Gasteiger partial charge on any atom is -0.488 e. The van der Waals surface area contributed by atoms with Crippen molar-refractivity contribution in [3.05, 3.63) is 192 Å². The van der Waals surface area contributed by atoms with Crippen LogP contribution in [0.25, 0.3) is 54.9 Å². The summed E-state index contributed by atoms with van der Waals surface area (Å²) >= 11 is 0. The minimum atomic E-state index is -0.406. The largest absolute Gasteiger partial charge is 0.488 e. The number of fused-ring (bicyclic) bond motifs is 2. The Morgan fingerprint density at radius 3 is 1.25 bits per heavy atom. The highest BCUT2D eigenvalue weighted by Gasteiger charge is 2.21. The molecule has 0 heterocycles. The minimum absolute atomic E-state index is 0.213. The lowest BCUT2D eigenvalue weighted by Gasteiger charge is -2.21. The maximum Gasteiger partial charge on any atom is 0.337 e. The fourth-order valence-corrected chi connectivity index (χ4v) is 7.13. The predicted molar refractivity (Wildman–Crippen MR) is 222 cm³/mol. The highest BCUT2D eigenvalue weighted by Crippen LogP contribution is 2.47. The van der Waals surface area contributed by atoms with E-state index in [-0.39, 0.29) is 13.2 Å². The van der Waals surface area contributed by atoms with Crippen molar-refractivity contribution in [1.29, 1.82) is 0 Å². The van der Waals surface area contributed by atoms with Crippen molar-refractivity contribution in [2.75, 3.05) is 14.2 Å². The zero-order valence-electron chi connectivity index (χ0n) is 31.0. The molecule has 6 heteroatoms. The van der Waals surface area contributed by atoms with Gasteiger partial charge in [0, 0.05) is 11.1 Å². The van der Waals surface area contributed by atoms with E-state index in [1.807, 2.05) is 72.8 Å². The molecule has 8 aromatic carbocycles. The molecule has 0 radical (unpaired) electrons. The van der Waals surface area contributed by atoms with E-state index in [0.717, 1.165) is 66.1 Å². The van der Waals surface area contributed by atoms with Crippen LogP contribution < -0.4 is 9.47 Å². The first-order valence-corrected chi connectivity index (χ1v) is 18.3. The molecule has 0 amide bonds. The van der Waals surface area contributed by atoms with E-state index in [9.17, 15) is 9.59 Å². The maximum absolute atomic E-state index is 12.4. The summed E-state index contributed by atoms with van der Waals surface area (Å²) in [7, 11) is 2.75. The Kier molecular flexibility index (Phi) is 10.3. The van der Waals surface area contributed by atoms with Crippen LogP contribution in [0.5, 0.6) is 11.5 Å². The summed E-state index contributed by atoms with van der Waals surface area (Å²) in [5.41, 5.74) is 8.76. The van der Waals surface area contributed by atoms with Gasteiger partial charge in [-0.1, -0.05) is 121 Å². The van der Waals surface area contributed by atoms with Gasteiger partial charge in [-0.05, 0) is 103 Å². The van der Waals surface area contributed by atoms with E-state index in [2.05, 4.69) is 72.8 Å². The molecule has 0 spiro atoms. The van der Waals surface area contributed by atoms with Gasteiger partial charge in [-0.25, -0.2) is 9.59 Å². The summed E-state index contributed by atoms with van der Waals surface area (Å²) < 4.78 is 23.4. The van der Waals surface area contributed by atoms with E-state index >= 15 is 0 Å². The first kappa shape index (κ1) is 35.8. The zero-order chi connectivity index (χ0) is 38.4. The van der Waals surface area contributed by atoms with E-state index in [0.29, 0.717) is 22.6 Å². The molecule has 0 unspecified atom stereocenters. The zero-order valence-corrected chi connectivity index (χ0v) is 31.0. The van der Waals surface area contributed by atoms with Crippen molar-refractivity contribution < 1.29 is 28.5 Å². The molecule has 0 fully saturated rings. The second-order valence-corrected chi connectivity index (χ2v) is 13.4. The van der Waals surface area contributed by atoms with Gasteiger partial charge in [0.15, 0.2) is 0 Å². The lowest BCUT2D eigenvalue weighted by atomic mass is 9.90. The van der Waals surface area contributed by atoms with Gasteiger partial charge in [0.2, 0.25) is 0 Å². The Morgan fingerprint density at radius 2 is 0.839 bits per heavy atom. The summed E-state index contributed by atoms with van der Waals surface area (Å²) in [5, 5.41) is 4.05. The second-order valence-electron chi connectivity index (χ2n) is 13.4. The SMILES string of the molecule is COC(=O)c1cccc(COc2ccc3cc(-c4ccccc4)ccc3c2-c2c(OCc3cccc(C(=O)OC)c3)ccc3cc(-c4ccccc4)ccc23)c1. The summed E-state index contributed by atoms with van der Waals surface area (Å²) in [6.45, 7) is 0.426. The molecule has 0 aliphatic heterocycles. The molecule has 6 nitrogen and oxygen atoms in total. The molecule has 56 heavy (non-hydrogen) atoms. The summed E-state index contributed by atoms with van der Waals surface area (Å²) in [6.07, 6.45) is 0. The van der Waals surface area contributed by atoms with Gasteiger partial charge in [0.1, 0.15) is 24.7 Å². The number of carbonyl (C=O) groups is 2. The van der Waals surface area contributed by atoms with Crippen molar-refractivity contribution in [3.8, 4) is 44.9 Å². The third kappa shape index (κ3) is 7.46. The number of ether oxygens (including phenoxy) is 4. The first-order valence-electron chi connectivity index (χ1n) is 18.3. The number of esters is 2. The van der Waals surface area contributed by atoms with E-state index in [4.69, 9.17) is 18.9 Å². The molecule has 0 N–H and O–H groups in total. The van der Waals surface area contributed by atoms with E-state index in [1.165, 1.54) is 14.2 Å². The van der Waals surface area contributed by atoms with Crippen LogP contribution in [0.1, 0.15) is 31.8 Å². The van der Waals surface area contributed by atoms with Crippen LogP contribution in [-0.2, 0) is 22.7 Å². The molecule has 8 rings (SSSR count). The number of rotatable bonds is 11. The molecule has 0 aliphatic carbocycles. The fourth-order valence-electron chi connectivity index (χ4n) is 7.13. The number of hydrogen-bond donors (Lipinski definition) is 0. The average molecular weight is 735 g/mol. The van der Waals surface area contributed by atoms with E-state index < -0.39 is 11.9 Å². The van der Waals surface area contributed by atoms with Gasteiger partial charge in [-0.2, -0.15) is 0 Å². The third-order valence-electron chi connectivity index (χ3n) is 9.91. The second kappa shape index (κ2) is 16.0. The Bertz CT molecular complexity index is 2510. The molecule has 0 bridgehead atoms. The first-order chi connectivity index (χ1) is 27.5. The molecule has 8 aromatic rings. The third-order valence-corrected chi connectivity index (χ3v) is 9.91. The molecule has 0 aromatic heterocycles. The summed E-state index contributed by atoms with van der Waals surface area (Å²) in [4.78, 5) is 24.7. The average Bonchev–Trinajstić information content (AvgIpc) is 3.27. The van der Waals surface area contributed by atoms with Gasteiger partial charge in [-0.15, -0.1) is 0 Å². The Morgan fingerprint density at radius 1 is 0.411 bits per heavy atom. The molecular weight excluding hydrogens is 697 g/mol. The molecule has 0 atom stereocenters. The van der Waals surface area contributed by atoms with Gasteiger partial charge in [-0.3, -0.25) is 0 Å². The smallest absolute Gasteiger partial charge is 0.337 e. The molecule has 0 saturated carbocycles. The number of methoxy groups -OCH3 is 2. The molecule has 0 aliphatic rings. The van der Waals surface area contributed by atoms with Crippen LogP contribution in [0.15, 0.2) is 170 Å². The van der Waals surface area contributed by atoms with Crippen molar-refractivity contribution in [2.24, 2.45) is 0 Å². The van der Waals surface area contributed by atoms with Crippen LogP contribution in [0.3, 0.4) is 0 Å². The quantitative estimate of drug-likeness (QED) is 0.123. The van der Waals surface area contributed by atoms with Gasteiger partial charge >= 0.3 is 11.9 Å². The van der Waals surface area contributed by atoms with Crippen molar-refractivity contribution in [1.82, 2.24) is 0 Å². The van der Waals surface area contributed by atoms with Gasteiger partial charge < -0.3 is 18.9 Å². The number of benzene rings is 8. The van der Waals surface area contributed by atoms with E-state index in [1.54, 1.807) is 24.3 Å². The summed E-state index contributed by atoms with van der Waals surface area (Å²) in [5.74, 6) is 0.505. The standard InChI is InChI=1S/C50H38O6/c1-53-49(51)41-17-9-11-33(27-41)31-55-45-25-21-39-29-37(35-13-5-3-6-14-35)19-23-43(39)47(45)48-44-24-20-38(36-15-7-4-8-16-36)30-40(44)22-26-46(48)56-32-34-12-10-18-42(28-34)50(52)54-2/h3-30H,31-32H2,1-2H3. The van der Waals surface area contributed by atoms with Crippen LogP contribution in [0.4, 0.5) is 0 Å². The van der Waals surface area contributed by atoms with Crippen LogP contribution in [0, 0.1) is 0 Å². The van der Waals surface area contributed by atoms with Crippen LogP contribution in [-0.4, -0.2) is 26.2 Å². The van der Waals surface area contributed by atoms with Gasteiger partial charge in [0.05, 0.1) is 25.3 Å². The fraction of sp³-hybridized carbons (Fsp3) is 0.0800. The molecule has 274 valence electrons. The molecule has 0 saturated heterocycles. The predicted octanol–water partition coefficient (Wildman–Crippen LogP) is 11.7. The summed E-state index contributed by atoms with van der Waals surface area (Å²) in [6, 6.07) is 56.4. The highest BCUT2D eigenvalue weighted by atomic mass is 16.5. The Labute approximate surface area is 325 Å². The van der Waals surface area contributed by atoms with Crippen molar-refractivity contribution >= 4 is 33.5 Å². The number of hydrogen-bond acceptors (Lipinski definition) is 6. The normalized spacial score (nSPS) is 11.0. The van der Waals surface area contributed by atoms with Crippen LogP contribution in [0.2, 0.25) is 0 Å². The van der Waals surface area contributed by atoms with Crippen LogP contribution >= 0.6 is 0 Å². The lowest BCUT2D eigenvalue weighted by Crippen LogP contribution is -2.04. The monoisotopic (exact) mass is 734 g/mol. The molecular formula is C50H38O6. The van der Waals surface area contributed by atoms with Crippen molar-refractivity contribution in [2.45, 2.75) is 13.2 Å². The number of carbonyl (C=O) groups excluding carboxylic acids is 2.